The molecule has 0 bridgehead atoms. The number of likely N-dealkylation sites (tertiary alicyclic amines) is 2. The first-order valence-corrected chi connectivity index (χ1v) is 20.9. The summed E-state index contributed by atoms with van der Waals surface area (Å²) in [6.07, 6.45) is 30.5. The Morgan fingerprint density at radius 3 is 1.23 bits per heavy atom. The maximum Gasteiger partial charge on any atom is 4.00 e. The summed E-state index contributed by atoms with van der Waals surface area (Å²) in [4.78, 5) is 29.2. The Morgan fingerprint density at radius 1 is 0.623 bits per heavy atom. The van der Waals surface area contributed by atoms with Crippen molar-refractivity contribution in [3.8, 4) is 0 Å². The average Bonchev–Trinajstić information content (AvgIpc) is 4.01. The summed E-state index contributed by atoms with van der Waals surface area (Å²) in [6, 6.07) is 6.73. The molecule has 324 valence electrons. The molecule has 2 aliphatic heterocycles. The number of carbonyl (C=O) groups is 2. The van der Waals surface area contributed by atoms with Gasteiger partial charge >= 0.3 is 21.7 Å². The molecule has 9 heteroatoms. The smallest absolute Gasteiger partial charge is 0.342 e. The fourth-order valence-electron chi connectivity index (χ4n) is 7.98. The van der Waals surface area contributed by atoms with Crippen molar-refractivity contribution in [2.75, 3.05) is 26.2 Å². The molecule has 0 N–H and O–H groups in total. The van der Waals surface area contributed by atoms with E-state index in [2.05, 4.69) is 76.6 Å². The van der Waals surface area contributed by atoms with Gasteiger partial charge in [-0.2, -0.15) is 12.2 Å². The predicted octanol–water partition coefficient (Wildman–Crippen LogP) is 12.1. The van der Waals surface area contributed by atoms with E-state index in [0.717, 1.165) is 25.7 Å². The van der Waals surface area contributed by atoms with Crippen molar-refractivity contribution in [3.63, 3.8) is 0 Å². The average molecular weight is 871 g/mol. The monoisotopic (exact) mass is 870 g/mol. The van der Waals surface area contributed by atoms with Gasteiger partial charge in [-0.3, -0.25) is 21.7 Å². The summed E-state index contributed by atoms with van der Waals surface area (Å²) in [5.41, 5.74) is 3.87. The number of benzene rings is 2. The number of aryl methyl sites for hydroxylation is 2. The van der Waals surface area contributed by atoms with Crippen LogP contribution in [0.1, 0.15) is 100 Å². The molecule has 2 fully saturated rings. The van der Waals surface area contributed by atoms with Crippen LogP contribution in [-0.4, -0.2) is 47.8 Å². The van der Waals surface area contributed by atoms with Crippen LogP contribution in [0.2, 0.25) is 0 Å². The van der Waals surface area contributed by atoms with Crippen LogP contribution in [0.4, 0.5) is 17.6 Å². The zero-order valence-corrected chi connectivity index (χ0v) is 38.2. The summed E-state index contributed by atoms with van der Waals surface area (Å²) in [6.45, 7) is 25.0. The van der Waals surface area contributed by atoms with Crippen molar-refractivity contribution in [3.05, 3.63) is 168 Å². The molecule has 6 rings (SSSR count). The Labute approximate surface area is 378 Å². The van der Waals surface area contributed by atoms with E-state index in [9.17, 15) is 27.2 Å². The van der Waals surface area contributed by atoms with Crippen LogP contribution < -0.4 is 0 Å². The van der Waals surface area contributed by atoms with Gasteiger partial charge in [0.2, 0.25) is 11.8 Å². The molecule has 2 heterocycles. The van der Waals surface area contributed by atoms with Crippen molar-refractivity contribution in [1.29, 1.82) is 0 Å². The molecule has 0 spiro atoms. The van der Waals surface area contributed by atoms with E-state index in [-0.39, 0.29) is 33.5 Å². The molecule has 4 aliphatic rings. The van der Waals surface area contributed by atoms with E-state index in [4.69, 9.17) is 0 Å². The summed E-state index contributed by atoms with van der Waals surface area (Å²) < 4.78 is 53.6. The number of nitrogens with zero attached hydrogens (tertiary/aromatic N) is 2. The number of amides is 2. The molecule has 2 aromatic carbocycles. The molecule has 2 aliphatic carbocycles. The minimum absolute atomic E-state index is 0. The molecular weight excluding hydrogens is 808 g/mol. The number of hydrogen-bond donors (Lipinski definition) is 0. The third-order valence-electron chi connectivity index (χ3n) is 11.5. The van der Waals surface area contributed by atoms with Crippen LogP contribution in [0.25, 0.3) is 0 Å². The third kappa shape index (κ3) is 15.5. The van der Waals surface area contributed by atoms with Crippen LogP contribution in [0.15, 0.2) is 98.2 Å². The number of halogens is 4. The summed E-state index contributed by atoms with van der Waals surface area (Å²) in [5.74, 6) is -2.37. The number of carbonyl (C=O) groups excluding carboxylic acids is 2. The number of hydrogen-bond acceptors (Lipinski definition) is 2. The van der Waals surface area contributed by atoms with Gasteiger partial charge in [-0.1, -0.05) is 52.0 Å². The molecule has 0 radical (unpaired) electrons. The first kappa shape index (κ1) is 52.9. The maximum absolute atomic E-state index is 13.5. The summed E-state index contributed by atoms with van der Waals surface area (Å²) >= 11 is 0. The van der Waals surface area contributed by atoms with Crippen LogP contribution in [0.5, 0.6) is 0 Å². The van der Waals surface area contributed by atoms with Crippen LogP contribution >= 0.6 is 0 Å². The van der Waals surface area contributed by atoms with Crippen molar-refractivity contribution in [2.24, 2.45) is 10.8 Å². The largest absolute Gasteiger partial charge is 4.00 e. The normalized spacial score (nSPS) is 16.6. The van der Waals surface area contributed by atoms with Crippen molar-refractivity contribution >= 4 is 11.8 Å². The molecule has 2 aromatic rings. The Morgan fingerprint density at radius 2 is 0.967 bits per heavy atom. The Kier molecular flexibility index (Phi) is 22.8. The summed E-state index contributed by atoms with van der Waals surface area (Å²) in [7, 11) is 0. The van der Waals surface area contributed by atoms with Gasteiger partial charge in [-0.25, -0.2) is 40.9 Å². The van der Waals surface area contributed by atoms with Gasteiger partial charge in [0.25, 0.3) is 0 Å². The van der Waals surface area contributed by atoms with E-state index < -0.39 is 34.1 Å². The van der Waals surface area contributed by atoms with E-state index in [1.165, 1.54) is 23.3 Å². The second-order valence-electron chi connectivity index (χ2n) is 15.9. The Hall–Kier alpha value is -4.27. The Balaban J connectivity index is 0.000000324. The summed E-state index contributed by atoms with van der Waals surface area (Å²) in [5, 5.41) is 0. The SMILES string of the molecule is C=CCC1(CC=C)CCN(CCCc2cc(F)[c-]c(F)c2C)C1=O.C=CCC1(CC=C)CCN(CCCc2cc(F)[c-]c(F)c2C)C1=O.CC1=[C-]CC=C1.CC1=[C-]CC=C1.[Ti+4]. The minimum Gasteiger partial charge on any atom is -0.342 e. The standard InChI is InChI=1S/2C20H24F2NO.2C6H7.Ti/c2*1-4-8-20(9-5-2)10-12-23(19(20)24)11-6-7-16-13-17(21)14-18(22)15(16)3;2*1-6-4-2-3-5-6;/h2*4-5,13H,1-2,6-12H2,3H3;2*2,4H,3H2,1H3;/q4*-1;+4. The third-order valence-corrected chi connectivity index (χ3v) is 11.5. The van der Waals surface area contributed by atoms with E-state index in [1.54, 1.807) is 38.2 Å². The van der Waals surface area contributed by atoms with Gasteiger partial charge in [-0.15, -0.1) is 85.7 Å². The van der Waals surface area contributed by atoms with Crippen molar-refractivity contribution in [1.82, 2.24) is 9.80 Å². The van der Waals surface area contributed by atoms with Gasteiger partial charge in [0.1, 0.15) is 0 Å². The van der Waals surface area contributed by atoms with Crippen LogP contribution in [-0.2, 0) is 44.1 Å². The zero-order valence-electron chi connectivity index (χ0n) is 36.6. The molecule has 0 atom stereocenters. The second kappa shape index (κ2) is 26.3. The van der Waals surface area contributed by atoms with E-state index in [1.807, 2.05) is 21.9 Å². The van der Waals surface area contributed by atoms with Crippen LogP contribution in [0.3, 0.4) is 0 Å². The van der Waals surface area contributed by atoms with E-state index in [0.29, 0.717) is 99.8 Å². The topological polar surface area (TPSA) is 40.6 Å². The maximum atomic E-state index is 13.5. The molecule has 0 unspecified atom stereocenters. The fourth-order valence-corrected chi connectivity index (χ4v) is 7.98. The van der Waals surface area contributed by atoms with Gasteiger partial charge in [0, 0.05) is 49.4 Å². The predicted molar refractivity (Wildman–Crippen MR) is 235 cm³/mol. The Bertz CT molecular complexity index is 1800. The molecule has 4 nitrogen and oxygen atoms in total. The molecule has 0 aromatic heterocycles. The molecule has 0 saturated carbocycles. The fraction of sp³-hybridized carbons (Fsp3) is 0.423. The van der Waals surface area contributed by atoms with Gasteiger partial charge < -0.3 is 9.80 Å². The van der Waals surface area contributed by atoms with Gasteiger partial charge in [-0.05, 0) is 64.2 Å². The van der Waals surface area contributed by atoms with Crippen molar-refractivity contribution < 1.29 is 48.9 Å². The minimum atomic E-state index is -0.679. The van der Waals surface area contributed by atoms with Gasteiger partial charge in [0.15, 0.2) is 0 Å². The quantitative estimate of drug-likeness (QED) is 0.0730. The first-order chi connectivity index (χ1) is 28.6. The van der Waals surface area contributed by atoms with Gasteiger partial charge in [0.05, 0.1) is 10.8 Å². The van der Waals surface area contributed by atoms with Crippen molar-refractivity contribution in [2.45, 2.75) is 105 Å². The molecule has 2 saturated heterocycles. The molecular formula is C52H62F4N2O2Ti. The number of allylic oxidation sites excluding steroid dienone is 12. The van der Waals surface area contributed by atoms with E-state index >= 15 is 0 Å². The number of rotatable bonds is 16. The zero-order chi connectivity index (χ0) is 44.3. The molecule has 61 heavy (non-hydrogen) atoms. The first-order valence-electron chi connectivity index (χ1n) is 20.9. The molecule has 2 amide bonds. The van der Waals surface area contributed by atoms with Crippen LogP contribution in [0, 0.1) is 72.2 Å². The second-order valence-corrected chi connectivity index (χ2v) is 15.9.